The summed E-state index contributed by atoms with van der Waals surface area (Å²) in [6.07, 6.45) is 0.265. The first kappa shape index (κ1) is 27.5. The Morgan fingerprint density at radius 3 is 2.36 bits per heavy atom. The van der Waals surface area contributed by atoms with E-state index in [4.69, 9.17) is 4.42 Å². The minimum atomic E-state index is -4.43. The lowest BCUT2D eigenvalue weighted by Crippen LogP contribution is -2.42. The van der Waals surface area contributed by atoms with E-state index < -0.39 is 17.6 Å². The number of alkyl halides is 3. The highest BCUT2D eigenvalue weighted by Gasteiger charge is 2.30. The Balaban J connectivity index is 1.56. The van der Waals surface area contributed by atoms with Crippen molar-refractivity contribution in [2.45, 2.75) is 25.8 Å². The number of benzene rings is 2. The molecule has 6 nitrogen and oxygen atoms in total. The Kier molecular flexibility index (Phi) is 8.70. The highest BCUT2D eigenvalue weighted by atomic mass is 19.4. The minimum Gasteiger partial charge on any atom is -0.459 e. The Morgan fingerprint density at radius 2 is 1.67 bits per heavy atom. The first-order valence-corrected chi connectivity index (χ1v) is 12.3. The van der Waals surface area contributed by atoms with E-state index >= 15 is 0 Å². The van der Waals surface area contributed by atoms with Crippen LogP contribution in [0.25, 0.3) is 0 Å². The third kappa shape index (κ3) is 7.28. The highest BCUT2D eigenvalue weighted by Crippen LogP contribution is 2.29. The summed E-state index contributed by atoms with van der Waals surface area (Å²) in [4.78, 5) is 29.5. The second kappa shape index (κ2) is 12.3. The normalized spacial score (nSPS) is 11.3. The van der Waals surface area contributed by atoms with Gasteiger partial charge in [0.05, 0.1) is 18.4 Å². The Labute approximate surface area is 224 Å². The second-order valence-electron chi connectivity index (χ2n) is 9.01. The summed E-state index contributed by atoms with van der Waals surface area (Å²) in [7, 11) is 0. The predicted molar refractivity (Wildman–Crippen MR) is 140 cm³/mol. The van der Waals surface area contributed by atoms with Gasteiger partial charge in [-0.2, -0.15) is 13.2 Å². The van der Waals surface area contributed by atoms with Gasteiger partial charge in [0, 0.05) is 31.5 Å². The zero-order valence-electron chi connectivity index (χ0n) is 21.2. The van der Waals surface area contributed by atoms with Crippen molar-refractivity contribution in [3.63, 3.8) is 0 Å². The lowest BCUT2D eigenvalue weighted by molar-refractivity contribution is -0.137. The molecule has 0 aliphatic rings. The molecule has 4 rings (SSSR count). The molecule has 0 N–H and O–H groups in total. The number of halogens is 3. The number of hydrogen-bond donors (Lipinski definition) is 0. The van der Waals surface area contributed by atoms with Crippen LogP contribution in [0.5, 0.6) is 0 Å². The second-order valence-corrected chi connectivity index (χ2v) is 9.01. The van der Waals surface area contributed by atoms with Crippen molar-refractivity contribution < 1.29 is 27.2 Å². The van der Waals surface area contributed by atoms with E-state index in [9.17, 15) is 22.8 Å². The number of aromatic nitrogens is 1. The van der Waals surface area contributed by atoms with Gasteiger partial charge in [-0.1, -0.05) is 48.5 Å². The van der Waals surface area contributed by atoms with Gasteiger partial charge in [-0.05, 0) is 47.5 Å². The van der Waals surface area contributed by atoms with Gasteiger partial charge in [-0.15, -0.1) is 6.58 Å². The molecule has 0 atom stereocenters. The summed E-state index contributed by atoms with van der Waals surface area (Å²) < 4.78 is 46.7. The standard InChI is InChI=1S/C30H28F3N3O3/c1-2-15-35(29(38)27-14-8-17-39-27)22-28(37)36(19-23-9-4-3-5-10-23)21-26-13-7-16-34(26)20-24-11-6-12-25(18-24)30(31,32)33/h2-14,16-18H,1,15,19-22H2. The number of amides is 2. The first-order valence-electron chi connectivity index (χ1n) is 12.3. The van der Waals surface area contributed by atoms with Crippen LogP contribution in [-0.2, 0) is 30.6 Å². The zero-order valence-corrected chi connectivity index (χ0v) is 21.2. The number of carbonyl (C=O) groups excluding carboxylic acids is 2. The van der Waals surface area contributed by atoms with Crippen LogP contribution in [0.2, 0.25) is 0 Å². The smallest absolute Gasteiger partial charge is 0.416 e. The topological polar surface area (TPSA) is 58.7 Å². The van der Waals surface area contributed by atoms with Gasteiger partial charge in [0.25, 0.3) is 5.91 Å². The molecule has 4 aromatic rings. The van der Waals surface area contributed by atoms with Crippen LogP contribution in [0.15, 0.2) is 108 Å². The maximum absolute atomic E-state index is 13.6. The van der Waals surface area contributed by atoms with Gasteiger partial charge < -0.3 is 18.8 Å². The van der Waals surface area contributed by atoms with E-state index in [1.54, 1.807) is 29.3 Å². The van der Waals surface area contributed by atoms with E-state index in [1.165, 1.54) is 29.4 Å². The monoisotopic (exact) mass is 535 g/mol. The molecule has 202 valence electrons. The largest absolute Gasteiger partial charge is 0.459 e. The van der Waals surface area contributed by atoms with Crippen LogP contribution in [0.1, 0.15) is 32.9 Å². The SMILES string of the molecule is C=CCN(CC(=O)N(Cc1ccccc1)Cc1cccn1Cc1cccc(C(F)(F)F)c1)C(=O)c1ccco1. The molecule has 0 spiro atoms. The number of carbonyl (C=O) groups is 2. The molecule has 2 amide bonds. The summed E-state index contributed by atoms with van der Waals surface area (Å²) in [5, 5.41) is 0. The Hall–Kier alpha value is -4.53. The minimum absolute atomic E-state index is 0.120. The summed E-state index contributed by atoms with van der Waals surface area (Å²) in [6.45, 7) is 4.32. The van der Waals surface area contributed by atoms with E-state index in [0.717, 1.165) is 23.4 Å². The predicted octanol–water partition coefficient (Wildman–Crippen LogP) is 6.01. The van der Waals surface area contributed by atoms with Crippen LogP contribution >= 0.6 is 0 Å². The molecular weight excluding hydrogens is 507 g/mol. The number of nitrogens with zero attached hydrogens (tertiary/aromatic N) is 3. The van der Waals surface area contributed by atoms with E-state index in [1.807, 2.05) is 41.0 Å². The lowest BCUT2D eigenvalue weighted by atomic mass is 10.1. The number of hydrogen-bond acceptors (Lipinski definition) is 3. The average molecular weight is 536 g/mol. The summed E-state index contributed by atoms with van der Waals surface area (Å²) in [5.74, 6) is -0.609. The summed E-state index contributed by atoms with van der Waals surface area (Å²) in [5.41, 5.74) is 1.42. The Bertz CT molecular complexity index is 1400. The summed E-state index contributed by atoms with van der Waals surface area (Å²) >= 11 is 0. The molecule has 2 heterocycles. The van der Waals surface area contributed by atoms with Crippen molar-refractivity contribution in [1.29, 1.82) is 0 Å². The molecule has 0 saturated heterocycles. The van der Waals surface area contributed by atoms with Crippen LogP contribution in [0.4, 0.5) is 13.2 Å². The van der Waals surface area contributed by atoms with Gasteiger partial charge in [0.1, 0.15) is 6.54 Å². The molecule has 0 bridgehead atoms. The quantitative estimate of drug-likeness (QED) is 0.221. The van der Waals surface area contributed by atoms with Crippen molar-refractivity contribution in [3.05, 3.63) is 132 Å². The molecule has 0 unspecified atom stereocenters. The van der Waals surface area contributed by atoms with Gasteiger partial charge in [-0.25, -0.2) is 0 Å². The molecule has 2 aromatic carbocycles. The van der Waals surface area contributed by atoms with E-state index in [2.05, 4.69) is 6.58 Å². The maximum Gasteiger partial charge on any atom is 0.416 e. The van der Waals surface area contributed by atoms with Gasteiger partial charge >= 0.3 is 6.18 Å². The van der Waals surface area contributed by atoms with E-state index in [0.29, 0.717) is 5.56 Å². The fourth-order valence-corrected chi connectivity index (χ4v) is 4.22. The number of rotatable bonds is 11. The highest BCUT2D eigenvalue weighted by molar-refractivity contribution is 5.94. The van der Waals surface area contributed by atoms with Crippen molar-refractivity contribution in [3.8, 4) is 0 Å². The van der Waals surface area contributed by atoms with Gasteiger partial charge in [-0.3, -0.25) is 9.59 Å². The lowest BCUT2D eigenvalue weighted by Gasteiger charge is -2.27. The number of furan rings is 1. The molecule has 2 aromatic heterocycles. The summed E-state index contributed by atoms with van der Waals surface area (Å²) in [6, 6.07) is 21.4. The molecule has 0 saturated carbocycles. The third-order valence-corrected chi connectivity index (χ3v) is 6.15. The molecular formula is C30H28F3N3O3. The van der Waals surface area contributed by atoms with Crippen LogP contribution in [0, 0.1) is 0 Å². The van der Waals surface area contributed by atoms with Crippen LogP contribution in [0.3, 0.4) is 0 Å². The van der Waals surface area contributed by atoms with E-state index in [-0.39, 0.29) is 44.4 Å². The average Bonchev–Trinajstić information content (AvgIpc) is 3.61. The van der Waals surface area contributed by atoms with Crippen molar-refractivity contribution in [1.82, 2.24) is 14.4 Å². The fraction of sp³-hybridized carbons (Fsp3) is 0.200. The van der Waals surface area contributed by atoms with Gasteiger partial charge in [0.15, 0.2) is 5.76 Å². The molecule has 0 fully saturated rings. The van der Waals surface area contributed by atoms with Crippen LogP contribution in [-0.4, -0.2) is 39.3 Å². The van der Waals surface area contributed by atoms with Crippen molar-refractivity contribution >= 4 is 11.8 Å². The zero-order chi connectivity index (χ0) is 27.8. The molecule has 0 aliphatic heterocycles. The third-order valence-electron chi connectivity index (χ3n) is 6.15. The Morgan fingerprint density at radius 1 is 0.897 bits per heavy atom. The van der Waals surface area contributed by atoms with Gasteiger partial charge in [0.2, 0.25) is 5.91 Å². The van der Waals surface area contributed by atoms with Crippen LogP contribution < -0.4 is 0 Å². The van der Waals surface area contributed by atoms with Crippen molar-refractivity contribution in [2.24, 2.45) is 0 Å². The fourth-order valence-electron chi connectivity index (χ4n) is 4.22. The first-order chi connectivity index (χ1) is 18.7. The maximum atomic E-state index is 13.6. The molecule has 39 heavy (non-hydrogen) atoms. The molecule has 0 aliphatic carbocycles. The molecule has 9 heteroatoms. The van der Waals surface area contributed by atoms with Crippen molar-refractivity contribution in [2.75, 3.05) is 13.1 Å². The molecule has 0 radical (unpaired) electrons.